The van der Waals surface area contributed by atoms with Crippen LogP contribution in [-0.4, -0.2) is 25.1 Å². The molecule has 0 bridgehead atoms. The van der Waals surface area contributed by atoms with Gasteiger partial charge in [-0.3, -0.25) is 4.99 Å². The van der Waals surface area contributed by atoms with Crippen molar-refractivity contribution >= 4 is 12.6 Å². The summed E-state index contributed by atoms with van der Waals surface area (Å²) in [6.45, 7) is 0.895. The van der Waals surface area contributed by atoms with Crippen molar-refractivity contribution in [3.05, 3.63) is 23.9 Å². The van der Waals surface area contributed by atoms with E-state index in [4.69, 9.17) is 0 Å². The summed E-state index contributed by atoms with van der Waals surface area (Å²) in [6, 6.07) is 0.125. The summed E-state index contributed by atoms with van der Waals surface area (Å²) in [5.41, 5.74) is 1.13. The van der Waals surface area contributed by atoms with Crippen molar-refractivity contribution in [2.24, 2.45) is 9.98 Å². The van der Waals surface area contributed by atoms with E-state index in [2.05, 4.69) is 21.4 Å². The average molecular weight is 147 g/mol. The molecule has 11 heavy (non-hydrogen) atoms. The molecule has 1 atom stereocenters. The zero-order valence-electron chi connectivity index (χ0n) is 6.07. The van der Waals surface area contributed by atoms with Crippen LogP contribution in [0.3, 0.4) is 0 Å². The number of dihydropyridines is 1. The van der Waals surface area contributed by atoms with Gasteiger partial charge in [0.15, 0.2) is 0 Å². The normalized spacial score (nSPS) is 26.9. The van der Waals surface area contributed by atoms with Gasteiger partial charge in [-0.2, -0.15) is 0 Å². The molecule has 0 aliphatic carbocycles. The van der Waals surface area contributed by atoms with Crippen LogP contribution >= 0.6 is 0 Å². The molecule has 0 amide bonds. The van der Waals surface area contributed by atoms with Gasteiger partial charge in [-0.05, 0) is 6.08 Å². The van der Waals surface area contributed by atoms with E-state index in [9.17, 15) is 0 Å². The van der Waals surface area contributed by atoms with E-state index in [0.29, 0.717) is 0 Å². The highest BCUT2D eigenvalue weighted by Gasteiger charge is 2.11. The smallest absolute Gasteiger partial charge is 0.126 e. The van der Waals surface area contributed by atoms with Crippen LogP contribution in [0.2, 0.25) is 0 Å². The minimum absolute atomic E-state index is 0.125. The molecule has 3 heteroatoms. The first kappa shape index (κ1) is 6.34. The van der Waals surface area contributed by atoms with Crippen LogP contribution in [0.5, 0.6) is 0 Å². The maximum atomic E-state index is 4.15. The zero-order valence-corrected chi connectivity index (χ0v) is 6.07. The van der Waals surface area contributed by atoms with Gasteiger partial charge in [0.05, 0.1) is 0 Å². The van der Waals surface area contributed by atoms with Gasteiger partial charge >= 0.3 is 0 Å². The fourth-order valence-electron chi connectivity index (χ4n) is 1.11. The quantitative estimate of drug-likeness (QED) is 0.576. The molecule has 1 unspecified atom stereocenters. The molecule has 2 heterocycles. The Morgan fingerprint density at radius 1 is 1.55 bits per heavy atom. The fraction of sp³-hybridized carbons (Fsp3) is 0.250. The van der Waals surface area contributed by atoms with E-state index in [1.165, 1.54) is 0 Å². The first-order valence-electron chi connectivity index (χ1n) is 3.62. The third-order valence-corrected chi connectivity index (χ3v) is 1.68. The number of nitrogens with one attached hydrogen (secondary N) is 1. The highest BCUT2D eigenvalue weighted by atomic mass is 15.0. The molecular weight excluding hydrogens is 138 g/mol. The maximum Gasteiger partial charge on any atom is 0.126 e. The summed E-state index contributed by atoms with van der Waals surface area (Å²) in [6.07, 6.45) is 9.55. The Kier molecular flexibility index (Phi) is 1.55. The molecular formula is C8H9N3. The molecule has 0 saturated heterocycles. The van der Waals surface area contributed by atoms with Crippen LogP contribution in [0, 0.1) is 0 Å². The molecule has 0 aromatic carbocycles. The maximum absolute atomic E-state index is 4.15. The van der Waals surface area contributed by atoms with Crippen molar-refractivity contribution in [2.75, 3.05) is 6.54 Å². The minimum Gasteiger partial charge on any atom is -0.383 e. The van der Waals surface area contributed by atoms with Gasteiger partial charge in [0.2, 0.25) is 0 Å². The summed E-state index contributed by atoms with van der Waals surface area (Å²) in [5, 5.41) is 3.23. The molecule has 3 nitrogen and oxygen atoms in total. The molecule has 0 spiro atoms. The monoisotopic (exact) mass is 147 g/mol. The summed E-state index contributed by atoms with van der Waals surface area (Å²) in [7, 11) is 0. The topological polar surface area (TPSA) is 36.8 Å². The van der Waals surface area contributed by atoms with Crippen molar-refractivity contribution in [3.8, 4) is 0 Å². The molecule has 2 aliphatic rings. The fourth-order valence-corrected chi connectivity index (χ4v) is 1.11. The first-order valence-corrected chi connectivity index (χ1v) is 3.62. The highest BCUT2D eigenvalue weighted by Crippen LogP contribution is 2.06. The molecule has 2 rings (SSSR count). The van der Waals surface area contributed by atoms with Crippen LogP contribution < -0.4 is 5.32 Å². The Morgan fingerprint density at radius 2 is 2.55 bits per heavy atom. The van der Waals surface area contributed by atoms with Gasteiger partial charge in [-0.1, -0.05) is 12.2 Å². The van der Waals surface area contributed by atoms with E-state index in [1.54, 1.807) is 6.34 Å². The number of rotatable bonds is 1. The second-order valence-corrected chi connectivity index (χ2v) is 2.44. The summed E-state index contributed by atoms with van der Waals surface area (Å²) in [5.74, 6) is 0. The van der Waals surface area contributed by atoms with Gasteiger partial charge in [0.1, 0.15) is 12.4 Å². The van der Waals surface area contributed by atoms with Crippen molar-refractivity contribution in [3.63, 3.8) is 0 Å². The van der Waals surface area contributed by atoms with Crippen LogP contribution in [0.15, 0.2) is 33.9 Å². The van der Waals surface area contributed by atoms with E-state index >= 15 is 0 Å². The molecule has 0 saturated carbocycles. The van der Waals surface area contributed by atoms with E-state index in [1.807, 2.05) is 18.4 Å². The lowest BCUT2D eigenvalue weighted by Gasteiger charge is -2.13. The third kappa shape index (κ3) is 1.22. The number of allylic oxidation sites excluding steroid dienone is 2. The van der Waals surface area contributed by atoms with Gasteiger partial charge < -0.3 is 5.32 Å². The molecule has 0 aromatic rings. The molecule has 56 valence electrons. The standard InChI is InChI=1S/C8H9N3/c1-2-4-10-7(3-1)8-5-9-6-11-8/h1-3,5-6,8,10H,4H2. The van der Waals surface area contributed by atoms with E-state index < -0.39 is 0 Å². The lowest BCUT2D eigenvalue weighted by Crippen LogP contribution is -2.24. The third-order valence-electron chi connectivity index (χ3n) is 1.68. The van der Waals surface area contributed by atoms with Crippen LogP contribution in [0.1, 0.15) is 0 Å². The molecule has 0 aromatic heterocycles. The van der Waals surface area contributed by atoms with Crippen LogP contribution in [0.25, 0.3) is 0 Å². The first-order chi connectivity index (χ1) is 5.47. The van der Waals surface area contributed by atoms with Crippen molar-refractivity contribution < 1.29 is 0 Å². The SMILES string of the molecule is C1=CCNC(C2C=NC=N2)=C1. The van der Waals surface area contributed by atoms with Crippen molar-refractivity contribution in [1.29, 1.82) is 0 Å². The molecule has 2 aliphatic heterocycles. The Labute approximate surface area is 65.2 Å². The highest BCUT2D eigenvalue weighted by molar-refractivity contribution is 5.84. The van der Waals surface area contributed by atoms with Crippen molar-refractivity contribution in [2.45, 2.75) is 6.04 Å². The zero-order chi connectivity index (χ0) is 7.52. The minimum atomic E-state index is 0.125. The molecule has 0 radical (unpaired) electrons. The molecule has 1 N–H and O–H groups in total. The Morgan fingerprint density at radius 3 is 3.18 bits per heavy atom. The second-order valence-electron chi connectivity index (χ2n) is 2.44. The van der Waals surface area contributed by atoms with Gasteiger partial charge in [0, 0.05) is 18.5 Å². The summed E-state index contributed by atoms with van der Waals surface area (Å²) < 4.78 is 0. The summed E-state index contributed by atoms with van der Waals surface area (Å²) in [4.78, 5) is 8.07. The number of aliphatic imine (C=N–C) groups is 2. The number of hydrogen-bond donors (Lipinski definition) is 1. The van der Waals surface area contributed by atoms with Gasteiger partial charge in [-0.25, -0.2) is 4.99 Å². The van der Waals surface area contributed by atoms with E-state index in [0.717, 1.165) is 12.2 Å². The largest absolute Gasteiger partial charge is 0.383 e. The molecule has 0 fully saturated rings. The van der Waals surface area contributed by atoms with Crippen LogP contribution in [0.4, 0.5) is 0 Å². The summed E-state index contributed by atoms with van der Waals surface area (Å²) >= 11 is 0. The predicted octanol–water partition coefficient (Wildman–Crippen LogP) is 0.511. The Balaban J connectivity index is 2.15. The van der Waals surface area contributed by atoms with Crippen LogP contribution in [-0.2, 0) is 0 Å². The van der Waals surface area contributed by atoms with E-state index in [-0.39, 0.29) is 6.04 Å². The lowest BCUT2D eigenvalue weighted by atomic mass is 10.2. The van der Waals surface area contributed by atoms with Crippen molar-refractivity contribution in [1.82, 2.24) is 5.32 Å². The second kappa shape index (κ2) is 2.70. The Hall–Kier alpha value is -1.38. The van der Waals surface area contributed by atoms with Gasteiger partial charge in [0.25, 0.3) is 0 Å². The van der Waals surface area contributed by atoms with Gasteiger partial charge in [-0.15, -0.1) is 0 Å². The average Bonchev–Trinajstić information content (AvgIpc) is 2.58. The number of hydrogen-bond acceptors (Lipinski definition) is 3. The number of nitrogens with zero attached hydrogens (tertiary/aromatic N) is 2. The lowest BCUT2D eigenvalue weighted by molar-refractivity contribution is 0.818. The predicted molar refractivity (Wildman–Crippen MR) is 46.0 cm³/mol. The Bertz CT molecular complexity index is 249.